The number of aliphatic hydroxyl groups excluding tert-OH is 1. The molecule has 1 amide bonds. The number of likely N-dealkylation sites (N-methyl/N-ethyl adjacent to an activating group) is 1. The van der Waals surface area contributed by atoms with E-state index in [-0.39, 0.29) is 12.3 Å². The molecule has 0 radical (unpaired) electrons. The van der Waals surface area contributed by atoms with Crippen molar-refractivity contribution in [2.45, 2.75) is 25.9 Å². The third-order valence-electron chi connectivity index (χ3n) is 2.89. The summed E-state index contributed by atoms with van der Waals surface area (Å²) in [5.74, 6) is 0.628. The van der Waals surface area contributed by atoms with Gasteiger partial charge in [-0.2, -0.15) is 0 Å². The van der Waals surface area contributed by atoms with Crippen LogP contribution >= 0.6 is 11.6 Å². The lowest BCUT2D eigenvalue weighted by molar-refractivity contribution is -0.129. The summed E-state index contributed by atoms with van der Waals surface area (Å²) in [5, 5.41) is 9.79. The molecule has 0 bridgehead atoms. The molecule has 5 heteroatoms. The maximum Gasteiger partial charge on any atom is 0.226 e. The Morgan fingerprint density at radius 2 is 2.21 bits per heavy atom. The Bertz CT molecular complexity index is 435. The fraction of sp³-hybridized carbons (Fsp3) is 0.500. The van der Waals surface area contributed by atoms with Crippen LogP contribution in [0.5, 0.6) is 5.75 Å². The van der Waals surface area contributed by atoms with Gasteiger partial charge >= 0.3 is 0 Å². The largest absolute Gasteiger partial charge is 0.496 e. The highest BCUT2D eigenvalue weighted by Gasteiger charge is 2.13. The van der Waals surface area contributed by atoms with Crippen molar-refractivity contribution in [3.05, 3.63) is 28.8 Å². The summed E-state index contributed by atoms with van der Waals surface area (Å²) < 4.78 is 5.21. The second-order valence-corrected chi connectivity index (χ2v) is 5.02. The van der Waals surface area contributed by atoms with E-state index in [9.17, 15) is 9.90 Å². The van der Waals surface area contributed by atoms with Crippen LogP contribution in [0.3, 0.4) is 0 Å². The molecule has 0 heterocycles. The topological polar surface area (TPSA) is 49.8 Å². The van der Waals surface area contributed by atoms with Crippen LogP contribution in [0, 0.1) is 0 Å². The first-order valence-electron chi connectivity index (χ1n) is 6.18. The molecular formula is C14H20ClNO3. The van der Waals surface area contributed by atoms with Crippen molar-refractivity contribution >= 4 is 17.5 Å². The lowest BCUT2D eigenvalue weighted by Crippen LogP contribution is -2.30. The van der Waals surface area contributed by atoms with Crippen molar-refractivity contribution in [2.75, 3.05) is 20.7 Å². The van der Waals surface area contributed by atoms with E-state index in [2.05, 4.69) is 0 Å². The molecule has 0 aliphatic carbocycles. The molecule has 0 spiro atoms. The number of nitrogens with zero attached hydrogens (tertiary/aromatic N) is 1. The summed E-state index contributed by atoms with van der Waals surface area (Å²) in [6.45, 7) is 2.23. The minimum absolute atomic E-state index is 0.0267. The van der Waals surface area contributed by atoms with Gasteiger partial charge in [-0.1, -0.05) is 11.6 Å². The van der Waals surface area contributed by atoms with Crippen molar-refractivity contribution in [1.82, 2.24) is 4.90 Å². The number of ether oxygens (including phenoxy) is 1. The van der Waals surface area contributed by atoms with Crippen molar-refractivity contribution in [3.63, 3.8) is 0 Å². The predicted molar refractivity (Wildman–Crippen MR) is 75.6 cm³/mol. The van der Waals surface area contributed by atoms with Gasteiger partial charge in [0.2, 0.25) is 5.91 Å². The second-order valence-electron chi connectivity index (χ2n) is 4.59. The smallest absolute Gasteiger partial charge is 0.226 e. The maximum atomic E-state index is 12.1. The number of hydrogen-bond acceptors (Lipinski definition) is 3. The first kappa shape index (κ1) is 15.8. The van der Waals surface area contributed by atoms with Crippen LogP contribution in [-0.4, -0.2) is 42.7 Å². The zero-order valence-corrected chi connectivity index (χ0v) is 12.3. The van der Waals surface area contributed by atoms with Gasteiger partial charge in [-0.25, -0.2) is 0 Å². The molecular weight excluding hydrogens is 266 g/mol. The molecule has 1 aromatic rings. The third kappa shape index (κ3) is 5.09. The average Bonchev–Trinajstić information content (AvgIpc) is 2.36. The van der Waals surface area contributed by atoms with E-state index < -0.39 is 6.10 Å². The molecule has 0 aromatic heterocycles. The third-order valence-corrected chi connectivity index (χ3v) is 3.13. The molecule has 0 saturated carbocycles. The number of rotatable bonds is 6. The molecule has 1 unspecified atom stereocenters. The zero-order chi connectivity index (χ0) is 14.4. The van der Waals surface area contributed by atoms with E-state index in [0.717, 1.165) is 5.56 Å². The fourth-order valence-electron chi connectivity index (χ4n) is 1.69. The van der Waals surface area contributed by atoms with Gasteiger partial charge < -0.3 is 14.7 Å². The Balaban J connectivity index is 2.68. The van der Waals surface area contributed by atoms with Crippen LogP contribution in [0.4, 0.5) is 0 Å². The van der Waals surface area contributed by atoms with E-state index in [0.29, 0.717) is 23.7 Å². The molecule has 106 valence electrons. The zero-order valence-electron chi connectivity index (χ0n) is 11.5. The van der Waals surface area contributed by atoms with Gasteiger partial charge in [0.05, 0.1) is 19.6 Å². The number of halogens is 1. The van der Waals surface area contributed by atoms with Crippen LogP contribution < -0.4 is 4.74 Å². The normalized spacial score (nSPS) is 12.1. The first-order valence-corrected chi connectivity index (χ1v) is 6.56. The van der Waals surface area contributed by atoms with Gasteiger partial charge in [-0.05, 0) is 31.5 Å². The summed E-state index contributed by atoms with van der Waals surface area (Å²) in [6, 6.07) is 5.22. The molecule has 1 rings (SSSR count). The number of methoxy groups -OCH3 is 1. The van der Waals surface area contributed by atoms with E-state index >= 15 is 0 Å². The highest BCUT2D eigenvalue weighted by molar-refractivity contribution is 6.30. The standard InChI is InChI=1S/C14H20ClNO3/c1-10(17)6-7-16(2)14(18)9-11-8-12(15)4-5-13(11)19-3/h4-5,8,10,17H,6-7,9H2,1-3H3. The van der Waals surface area contributed by atoms with E-state index in [1.165, 1.54) is 0 Å². The summed E-state index contributed by atoms with van der Waals surface area (Å²) in [4.78, 5) is 13.7. The van der Waals surface area contributed by atoms with Gasteiger partial charge in [-0.3, -0.25) is 4.79 Å². The fourth-order valence-corrected chi connectivity index (χ4v) is 1.88. The number of carbonyl (C=O) groups excluding carboxylic acids is 1. The Kier molecular flexibility index (Phi) is 6.12. The molecule has 19 heavy (non-hydrogen) atoms. The Labute approximate surface area is 118 Å². The van der Waals surface area contributed by atoms with E-state index in [4.69, 9.17) is 16.3 Å². The molecule has 0 aliphatic rings. The minimum Gasteiger partial charge on any atom is -0.496 e. The molecule has 0 fully saturated rings. The van der Waals surface area contributed by atoms with Gasteiger partial charge in [0.1, 0.15) is 5.75 Å². The average molecular weight is 286 g/mol. The van der Waals surface area contributed by atoms with Gasteiger partial charge in [0.15, 0.2) is 0 Å². The maximum absolute atomic E-state index is 12.1. The number of aliphatic hydroxyl groups is 1. The van der Waals surface area contributed by atoms with E-state index in [1.807, 2.05) is 0 Å². The summed E-state index contributed by atoms with van der Waals surface area (Å²) in [5.41, 5.74) is 0.767. The van der Waals surface area contributed by atoms with Gasteiger partial charge in [0, 0.05) is 24.2 Å². The van der Waals surface area contributed by atoms with Crippen LogP contribution in [0.1, 0.15) is 18.9 Å². The Hall–Kier alpha value is -1.26. The number of amides is 1. The van der Waals surface area contributed by atoms with Crippen molar-refractivity contribution in [1.29, 1.82) is 0 Å². The minimum atomic E-state index is -0.407. The van der Waals surface area contributed by atoms with Gasteiger partial charge in [0.25, 0.3) is 0 Å². The second kappa shape index (κ2) is 7.36. The van der Waals surface area contributed by atoms with Crippen LogP contribution in [0.2, 0.25) is 5.02 Å². The van der Waals surface area contributed by atoms with Crippen molar-refractivity contribution in [3.8, 4) is 5.75 Å². The molecule has 0 aliphatic heterocycles. The van der Waals surface area contributed by atoms with Crippen LogP contribution in [0.25, 0.3) is 0 Å². The highest BCUT2D eigenvalue weighted by Crippen LogP contribution is 2.23. The summed E-state index contributed by atoms with van der Waals surface area (Å²) in [6.07, 6.45) is 0.394. The molecule has 1 aromatic carbocycles. The highest BCUT2D eigenvalue weighted by atomic mass is 35.5. The molecule has 4 nitrogen and oxygen atoms in total. The number of benzene rings is 1. The Morgan fingerprint density at radius 3 is 2.79 bits per heavy atom. The Morgan fingerprint density at radius 1 is 1.53 bits per heavy atom. The quantitative estimate of drug-likeness (QED) is 0.871. The van der Waals surface area contributed by atoms with Crippen LogP contribution in [-0.2, 0) is 11.2 Å². The van der Waals surface area contributed by atoms with Crippen molar-refractivity contribution in [2.24, 2.45) is 0 Å². The van der Waals surface area contributed by atoms with Gasteiger partial charge in [-0.15, -0.1) is 0 Å². The molecule has 1 atom stereocenters. The van der Waals surface area contributed by atoms with Crippen molar-refractivity contribution < 1.29 is 14.6 Å². The molecule has 0 saturated heterocycles. The summed E-state index contributed by atoms with van der Waals surface area (Å²) >= 11 is 5.93. The SMILES string of the molecule is COc1ccc(Cl)cc1CC(=O)N(C)CCC(C)O. The predicted octanol–water partition coefficient (Wildman–Crippen LogP) is 2.12. The number of hydrogen-bond donors (Lipinski definition) is 1. The lowest BCUT2D eigenvalue weighted by atomic mass is 10.1. The van der Waals surface area contributed by atoms with E-state index in [1.54, 1.807) is 44.2 Å². The lowest BCUT2D eigenvalue weighted by Gasteiger charge is -2.18. The monoisotopic (exact) mass is 285 g/mol. The number of carbonyl (C=O) groups is 1. The first-order chi connectivity index (χ1) is 8.93. The van der Waals surface area contributed by atoms with Crippen LogP contribution in [0.15, 0.2) is 18.2 Å². The summed E-state index contributed by atoms with van der Waals surface area (Å²) in [7, 11) is 3.29. The molecule has 1 N–H and O–H groups in total.